The standard InChI is InChI=1S/C21H22N2O3S/c1-13-7-5-6-8-16(13)21-23-14(2)19(27-21)12-22-20(24)17-11-15(25-3)9-10-18(17)26-4/h5-11H,12H2,1-4H3,(H,22,24). The van der Waals surface area contributed by atoms with Crippen molar-refractivity contribution in [3.8, 4) is 22.1 Å². The van der Waals surface area contributed by atoms with Crippen LogP contribution in [-0.4, -0.2) is 25.1 Å². The van der Waals surface area contributed by atoms with Gasteiger partial charge in [-0.15, -0.1) is 11.3 Å². The van der Waals surface area contributed by atoms with Crippen LogP contribution in [0.4, 0.5) is 0 Å². The predicted molar refractivity (Wildman–Crippen MR) is 108 cm³/mol. The molecule has 0 saturated heterocycles. The zero-order valence-electron chi connectivity index (χ0n) is 15.8. The fourth-order valence-corrected chi connectivity index (χ4v) is 3.86. The number of hydrogen-bond acceptors (Lipinski definition) is 5. The Morgan fingerprint density at radius 1 is 1.11 bits per heavy atom. The molecule has 0 radical (unpaired) electrons. The summed E-state index contributed by atoms with van der Waals surface area (Å²) in [7, 11) is 3.11. The predicted octanol–water partition coefficient (Wildman–Crippen LogP) is 4.37. The fourth-order valence-electron chi connectivity index (χ4n) is 2.77. The Kier molecular flexibility index (Phi) is 5.76. The number of nitrogens with zero attached hydrogens (tertiary/aromatic N) is 1. The quantitative estimate of drug-likeness (QED) is 0.687. The van der Waals surface area contributed by atoms with Gasteiger partial charge in [-0.25, -0.2) is 4.98 Å². The van der Waals surface area contributed by atoms with E-state index in [1.165, 1.54) is 5.56 Å². The van der Waals surface area contributed by atoms with Crippen LogP contribution in [0.25, 0.3) is 10.6 Å². The van der Waals surface area contributed by atoms with E-state index in [1.54, 1.807) is 43.8 Å². The number of thiazole rings is 1. The average Bonchev–Trinajstić information content (AvgIpc) is 3.06. The van der Waals surface area contributed by atoms with Crippen LogP contribution >= 0.6 is 11.3 Å². The van der Waals surface area contributed by atoms with Gasteiger partial charge in [0, 0.05) is 10.4 Å². The Bertz CT molecular complexity index is 966. The molecule has 0 fully saturated rings. The van der Waals surface area contributed by atoms with Gasteiger partial charge in [0.1, 0.15) is 16.5 Å². The molecule has 0 aliphatic carbocycles. The minimum Gasteiger partial charge on any atom is -0.497 e. The molecule has 0 spiro atoms. The lowest BCUT2D eigenvalue weighted by Crippen LogP contribution is -2.23. The molecular weight excluding hydrogens is 360 g/mol. The summed E-state index contributed by atoms with van der Waals surface area (Å²) >= 11 is 1.60. The first-order valence-electron chi connectivity index (χ1n) is 8.56. The highest BCUT2D eigenvalue weighted by Gasteiger charge is 2.16. The molecule has 6 heteroatoms. The van der Waals surface area contributed by atoms with E-state index in [-0.39, 0.29) is 5.91 Å². The van der Waals surface area contributed by atoms with E-state index in [0.29, 0.717) is 23.6 Å². The van der Waals surface area contributed by atoms with E-state index < -0.39 is 0 Å². The van der Waals surface area contributed by atoms with Crippen LogP contribution in [0.5, 0.6) is 11.5 Å². The molecule has 0 unspecified atom stereocenters. The molecular formula is C21H22N2O3S. The van der Waals surface area contributed by atoms with Gasteiger partial charge in [0.15, 0.2) is 0 Å². The zero-order valence-corrected chi connectivity index (χ0v) is 16.6. The molecule has 1 N–H and O–H groups in total. The first-order chi connectivity index (χ1) is 13.0. The summed E-state index contributed by atoms with van der Waals surface area (Å²) in [6.07, 6.45) is 0. The molecule has 2 aromatic carbocycles. The summed E-state index contributed by atoms with van der Waals surface area (Å²) < 4.78 is 10.5. The van der Waals surface area contributed by atoms with Gasteiger partial charge in [0.2, 0.25) is 0 Å². The SMILES string of the molecule is COc1ccc(OC)c(C(=O)NCc2sc(-c3ccccc3C)nc2C)c1. The number of rotatable bonds is 6. The van der Waals surface area contributed by atoms with Gasteiger partial charge in [-0.05, 0) is 37.6 Å². The molecule has 1 heterocycles. The second-order valence-corrected chi connectivity index (χ2v) is 7.18. The molecule has 0 atom stereocenters. The lowest BCUT2D eigenvalue weighted by Gasteiger charge is -2.10. The Morgan fingerprint density at radius 2 is 1.89 bits per heavy atom. The average molecular weight is 382 g/mol. The second-order valence-electron chi connectivity index (χ2n) is 6.09. The van der Waals surface area contributed by atoms with Gasteiger partial charge in [-0.3, -0.25) is 4.79 Å². The molecule has 3 rings (SSSR count). The van der Waals surface area contributed by atoms with E-state index in [1.807, 2.05) is 19.1 Å². The molecule has 3 aromatic rings. The Hall–Kier alpha value is -2.86. The van der Waals surface area contributed by atoms with Crippen LogP contribution in [0.2, 0.25) is 0 Å². The van der Waals surface area contributed by atoms with Crippen molar-refractivity contribution in [1.29, 1.82) is 0 Å². The van der Waals surface area contributed by atoms with Crippen LogP contribution in [0, 0.1) is 13.8 Å². The van der Waals surface area contributed by atoms with Crippen molar-refractivity contribution in [3.63, 3.8) is 0 Å². The molecule has 140 valence electrons. The number of carbonyl (C=O) groups excluding carboxylic acids is 1. The Morgan fingerprint density at radius 3 is 2.59 bits per heavy atom. The van der Waals surface area contributed by atoms with Crippen molar-refractivity contribution < 1.29 is 14.3 Å². The molecule has 0 bridgehead atoms. The molecule has 5 nitrogen and oxygen atoms in total. The third kappa shape index (κ3) is 4.11. The Balaban J connectivity index is 1.78. The van der Waals surface area contributed by atoms with E-state index in [9.17, 15) is 4.79 Å². The number of methoxy groups -OCH3 is 2. The van der Waals surface area contributed by atoms with Crippen LogP contribution < -0.4 is 14.8 Å². The number of amides is 1. The fraction of sp³-hybridized carbons (Fsp3) is 0.238. The molecule has 0 aliphatic heterocycles. The molecule has 0 saturated carbocycles. The first kappa shape index (κ1) is 18.9. The minimum absolute atomic E-state index is 0.212. The number of aromatic nitrogens is 1. The third-order valence-electron chi connectivity index (χ3n) is 4.33. The topological polar surface area (TPSA) is 60.5 Å². The number of ether oxygens (including phenoxy) is 2. The van der Waals surface area contributed by atoms with Gasteiger partial charge >= 0.3 is 0 Å². The van der Waals surface area contributed by atoms with Gasteiger partial charge in [0.05, 0.1) is 32.0 Å². The van der Waals surface area contributed by atoms with E-state index >= 15 is 0 Å². The van der Waals surface area contributed by atoms with Crippen molar-refractivity contribution in [2.45, 2.75) is 20.4 Å². The lowest BCUT2D eigenvalue weighted by atomic mass is 10.1. The van der Waals surface area contributed by atoms with Crippen molar-refractivity contribution in [3.05, 3.63) is 64.2 Å². The minimum atomic E-state index is -0.212. The second kappa shape index (κ2) is 8.22. The van der Waals surface area contributed by atoms with Crippen molar-refractivity contribution in [2.24, 2.45) is 0 Å². The van der Waals surface area contributed by atoms with Gasteiger partial charge in [-0.1, -0.05) is 24.3 Å². The zero-order chi connectivity index (χ0) is 19.4. The number of hydrogen-bond donors (Lipinski definition) is 1. The number of aryl methyl sites for hydroxylation is 2. The summed E-state index contributed by atoms with van der Waals surface area (Å²) in [5.74, 6) is 0.905. The highest BCUT2D eigenvalue weighted by Crippen LogP contribution is 2.30. The van der Waals surface area contributed by atoms with Crippen LogP contribution in [0.1, 0.15) is 26.5 Å². The molecule has 27 heavy (non-hydrogen) atoms. The third-order valence-corrected chi connectivity index (χ3v) is 5.52. The summed E-state index contributed by atoms with van der Waals surface area (Å²) in [6.45, 7) is 4.45. The summed E-state index contributed by atoms with van der Waals surface area (Å²) in [6, 6.07) is 13.3. The largest absolute Gasteiger partial charge is 0.497 e. The van der Waals surface area contributed by atoms with Crippen LogP contribution in [0.15, 0.2) is 42.5 Å². The number of benzene rings is 2. The van der Waals surface area contributed by atoms with Crippen molar-refractivity contribution in [1.82, 2.24) is 10.3 Å². The van der Waals surface area contributed by atoms with E-state index in [2.05, 4.69) is 29.4 Å². The summed E-state index contributed by atoms with van der Waals surface area (Å²) in [5, 5.41) is 3.92. The van der Waals surface area contributed by atoms with Gasteiger partial charge in [-0.2, -0.15) is 0 Å². The van der Waals surface area contributed by atoms with Gasteiger partial charge in [0.25, 0.3) is 5.91 Å². The summed E-state index contributed by atoms with van der Waals surface area (Å²) in [5.41, 5.74) is 3.68. The number of carbonyl (C=O) groups is 1. The van der Waals surface area contributed by atoms with Gasteiger partial charge < -0.3 is 14.8 Å². The highest BCUT2D eigenvalue weighted by atomic mass is 32.1. The number of nitrogens with one attached hydrogen (secondary N) is 1. The molecule has 1 aromatic heterocycles. The summed E-state index contributed by atoms with van der Waals surface area (Å²) in [4.78, 5) is 18.4. The maximum absolute atomic E-state index is 12.6. The monoisotopic (exact) mass is 382 g/mol. The maximum atomic E-state index is 12.6. The van der Waals surface area contributed by atoms with E-state index in [0.717, 1.165) is 21.1 Å². The lowest BCUT2D eigenvalue weighted by molar-refractivity contribution is 0.0948. The first-order valence-corrected chi connectivity index (χ1v) is 9.37. The van der Waals surface area contributed by atoms with Crippen molar-refractivity contribution >= 4 is 17.2 Å². The van der Waals surface area contributed by atoms with Crippen LogP contribution in [0.3, 0.4) is 0 Å². The highest BCUT2D eigenvalue weighted by molar-refractivity contribution is 7.15. The normalized spacial score (nSPS) is 10.5. The van der Waals surface area contributed by atoms with E-state index in [4.69, 9.17) is 9.47 Å². The Labute approximate surface area is 163 Å². The van der Waals surface area contributed by atoms with Crippen LogP contribution in [-0.2, 0) is 6.54 Å². The van der Waals surface area contributed by atoms with Crippen molar-refractivity contribution in [2.75, 3.05) is 14.2 Å². The molecule has 1 amide bonds. The molecule has 0 aliphatic rings. The maximum Gasteiger partial charge on any atom is 0.255 e. The smallest absolute Gasteiger partial charge is 0.255 e.